The molecule has 0 aromatic heterocycles. The summed E-state index contributed by atoms with van der Waals surface area (Å²) in [6.45, 7) is 5.67. The van der Waals surface area contributed by atoms with E-state index in [9.17, 15) is 4.79 Å². The van der Waals surface area contributed by atoms with Gasteiger partial charge in [0.25, 0.3) is 0 Å². The molecule has 0 fully saturated rings. The van der Waals surface area contributed by atoms with Crippen LogP contribution < -0.4 is 0 Å². The van der Waals surface area contributed by atoms with Gasteiger partial charge in [-0.05, 0) is 24.7 Å². The van der Waals surface area contributed by atoms with E-state index in [-0.39, 0.29) is 5.97 Å². The van der Waals surface area contributed by atoms with Crippen molar-refractivity contribution in [2.75, 3.05) is 12.4 Å². The smallest absolute Gasteiger partial charge is 0.333 e. The second-order valence-corrected chi connectivity index (χ2v) is 4.91. The van der Waals surface area contributed by atoms with Crippen LogP contribution in [0.15, 0.2) is 42.5 Å². The van der Waals surface area contributed by atoms with E-state index in [1.54, 1.807) is 6.92 Å². The average Bonchev–Trinajstić information content (AvgIpc) is 2.34. The number of hydrogen-bond donors (Lipinski definition) is 0. The molecule has 92 valence electrons. The van der Waals surface area contributed by atoms with Gasteiger partial charge in [0.2, 0.25) is 0 Å². The standard InChI is InChI=1S/C14H18O2S/c1-12(2)14(15)16-9-6-10-17-11-13-7-4-3-5-8-13/h3-5,7-8H,1,6,9-11H2,2H3. The largest absolute Gasteiger partial charge is 0.462 e. The molecule has 2 nitrogen and oxygen atoms in total. The summed E-state index contributed by atoms with van der Waals surface area (Å²) in [5.41, 5.74) is 1.79. The van der Waals surface area contributed by atoms with Gasteiger partial charge >= 0.3 is 5.97 Å². The van der Waals surface area contributed by atoms with E-state index in [0.717, 1.165) is 17.9 Å². The minimum atomic E-state index is -0.293. The van der Waals surface area contributed by atoms with Gasteiger partial charge in [-0.25, -0.2) is 4.79 Å². The summed E-state index contributed by atoms with van der Waals surface area (Å²) < 4.78 is 5.00. The van der Waals surface area contributed by atoms with E-state index in [1.165, 1.54) is 5.56 Å². The lowest BCUT2D eigenvalue weighted by molar-refractivity contribution is -0.138. The number of ether oxygens (including phenoxy) is 1. The molecular weight excluding hydrogens is 232 g/mol. The highest BCUT2D eigenvalue weighted by Gasteiger charge is 2.01. The van der Waals surface area contributed by atoms with Crippen LogP contribution in [-0.4, -0.2) is 18.3 Å². The fourth-order valence-electron chi connectivity index (χ4n) is 1.21. The molecule has 0 saturated heterocycles. The van der Waals surface area contributed by atoms with Gasteiger partial charge in [-0.15, -0.1) is 0 Å². The molecule has 0 unspecified atom stereocenters. The van der Waals surface area contributed by atoms with Crippen molar-refractivity contribution in [1.29, 1.82) is 0 Å². The maximum absolute atomic E-state index is 11.1. The quantitative estimate of drug-likeness (QED) is 0.421. The van der Waals surface area contributed by atoms with Gasteiger partial charge in [0, 0.05) is 11.3 Å². The summed E-state index contributed by atoms with van der Waals surface area (Å²) >= 11 is 1.85. The first-order chi connectivity index (χ1) is 8.20. The van der Waals surface area contributed by atoms with Crippen molar-refractivity contribution in [2.45, 2.75) is 19.1 Å². The lowest BCUT2D eigenvalue weighted by Gasteiger charge is -2.04. The molecule has 1 aromatic rings. The molecule has 1 aromatic carbocycles. The number of hydrogen-bond acceptors (Lipinski definition) is 3. The lowest BCUT2D eigenvalue weighted by atomic mass is 10.2. The zero-order valence-electron chi connectivity index (χ0n) is 10.1. The van der Waals surface area contributed by atoms with Crippen LogP contribution >= 0.6 is 11.8 Å². The molecule has 0 aliphatic rings. The fraction of sp³-hybridized carbons (Fsp3) is 0.357. The second-order valence-electron chi connectivity index (χ2n) is 3.81. The Labute approximate surface area is 107 Å². The van der Waals surface area contributed by atoms with Gasteiger partial charge in [0.1, 0.15) is 0 Å². The third-order valence-corrected chi connectivity index (χ3v) is 3.24. The molecule has 0 spiro atoms. The van der Waals surface area contributed by atoms with Crippen molar-refractivity contribution in [1.82, 2.24) is 0 Å². The summed E-state index contributed by atoms with van der Waals surface area (Å²) in [6.07, 6.45) is 0.885. The maximum Gasteiger partial charge on any atom is 0.333 e. The maximum atomic E-state index is 11.1. The summed E-state index contributed by atoms with van der Waals surface area (Å²) in [5.74, 6) is 1.71. The number of carbonyl (C=O) groups excluding carboxylic acids is 1. The molecule has 0 aliphatic heterocycles. The van der Waals surface area contributed by atoms with E-state index in [1.807, 2.05) is 30.0 Å². The Morgan fingerprint density at radius 3 is 2.71 bits per heavy atom. The van der Waals surface area contributed by atoms with Crippen LogP contribution in [0.3, 0.4) is 0 Å². The Bertz CT molecular complexity index is 360. The normalized spacial score (nSPS) is 9.94. The Morgan fingerprint density at radius 2 is 2.06 bits per heavy atom. The summed E-state index contributed by atoms with van der Waals surface area (Å²) in [7, 11) is 0. The fourth-order valence-corrected chi connectivity index (χ4v) is 2.11. The number of benzene rings is 1. The molecule has 0 bridgehead atoms. The molecule has 1 rings (SSSR count). The molecule has 17 heavy (non-hydrogen) atoms. The van der Waals surface area contributed by atoms with Crippen molar-refractivity contribution in [3.63, 3.8) is 0 Å². The SMILES string of the molecule is C=C(C)C(=O)OCCCSCc1ccccc1. The molecule has 3 heteroatoms. The summed E-state index contributed by atoms with van der Waals surface area (Å²) in [6, 6.07) is 10.3. The predicted molar refractivity (Wildman–Crippen MR) is 73.0 cm³/mol. The first kappa shape index (κ1) is 13.8. The number of thioether (sulfide) groups is 1. The van der Waals surface area contributed by atoms with Crippen LogP contribution in [0.2, 0.25) is 0 Å². The Balaban J connectivity index is 2.02. The van der Waals surface area contributed by atoms with Crippen LogP contribution in [0.5, 0.6) is 0 Å². The van der Waals surface area contributed by atoms with Gasteiger partial charge in [-0.1, -0.05) is 36.9 Å². The van der Waals surface area contributed by atoms with Crippen molar-refractivity contribution >= 4 is 17.7 Å². The molecule has 0 aliphatic carbocycles. The van der Waals surface area contributed by atoms with Crippen molar-refractivity contribution in [2.24, 2.45) is 0 Å². The third kappa shape index (κ3) is 6.17. The highest BCUT2D eigenvalue weighted by atomic mass is 32.2. The molecule has 0 radical (unpaired) electrons. The second kappa shape index (κ2) is 7.96. The monoisotopic (exact) mass is 250 g/mol. The van der Waals surface area contributed by atoms with Crippen LogP contribution in [0.4, 0.5) is 0 Å². The Morgan fingerprint density at radius 1 is 1.35 bits per heavy atom. The molecule has 0 heterocycles. The minimum Gasteiger partial charge on any atom is -0.462 e. The van der Waals surface area contributed by atoms with Crippen molar-refractivity contribution in [3.05, 3.63) is 48.0 Å². The van der Waals surface area contributed by atoms with E-state index in [0.29, 0.717) is 12.2 Å². The van der Waals surface area contributed by atoms with Crippen LogP contribution in [0.1, 0.15) is 18.9 Å². The first-order valence-corrected chi connectivity index (χ1v) is 6.80. The number of carbonyl (C=O) groups is 1. The van der Waals surface area contributed by atoms with Gasteiger partial charge in [0.05, 0.1) is 6.61 Å². The van der Waals surface area contributed by atoms with Crippen molar-refractivity contribution < 1.29 is 9.53 Å². The summed E-state index contributed by atoms with van der Waals surface area (Å²) in [5, 5.41) is 0. The van der Waals surface area contributed by atoms with Crippen LogP contribution in [0, 0.1) is 0 Å². The zero-order chi connectivity index (χ0) is 12.5. The van der Waals surface area contributed by atoms with Gasteiger partial charge < -0.3 is 4.74 Å². The van der Waals surface area contributed by atoms with Gasteiger partial charge in [-0.2, -0.15) is 11.8 Å². The average molecular weight is 250 g/mol. The first-order valence-electron chi connectivity index (χ1n) is 5.64. The van der Waals surface area contributed by atoms with E-state index >= 15 is 0 Å². The van der Waals surface area contributed by atoms with Crippen molar-refractivity contribution in [3.8, 4) is 0 Å². The molecule has 0 amide bonds. The van der Waals surface area contributed by atoms with Gasteiger partial charge in [0.15, 0.2) is 0 Å². The summed E-state index contributed by atoms with van der Waals surface area (Å²) in [4.78, 5) is 11.1. The van der Waals surface area contributed by atoms with E-state index < -0.39 is 0 Å². The van der Waals surface area contributed by atoms with E-state index in [2.05, 4.69) is 18.7 Å². The zero-order valence-corrected chi connectivity index (χ0v) is 11.0. The molecule has 0 N–H and O–H groups in total. The topological polar surface area (TPSA) is 26.3 Å². The Kier molecular flexibility index (Phi) is 6.48. The molecule has 0 saturated carbocycles. The van der Waals surface area contributed by atoms with Crippen LogP contribution in [-0.2, 0) is 15.3 Å². The molecular formula is C14H18O2S. The number of rotatable bonds is 7. The lowest BCUT2D eigenvalue weighted by Crippen LogP contribution is -2.06. The highest BCUT2D eigenvalue weighted by Crippen LogP contribution is 2.12. The third-order valence-electron chi connectivity index (χ3n) is 2.13. The molecule has 0 atom stereocenters. The number of esters is 1. The Hall–Kier alpha value is -1.22. The minimum absolute atomic E-state index is 0.293. The predicted octanol–water partition coefficient (Wildman–Crippen LogP) is 3.43. The van der Waals surface area contributed by atoms with Crippen LogP contribution in [0.25, 0.3) is 0 Å². The van der Waals surface area contributed by atoms with Gasteiger partial charge in [-0.3, -0.25) is 0 Å². The van der Waals surface area contributed by atoms with E-state index in [4.69, 9.17) is 4.74 Å². The highest BCUT2D eigenvalue weighted by molar-refractivity contribution is 7.98.